The summed E-state index contributed by atoms with van der Waals surface area (Å²) in [7, 11) is 0. The molecule has 1 heteroatoms. The second kappa shape index (κ2) is 2.15. The highest BCUT2D eigenvalue weighted by molar-refractivity contribution is 5.28. The lowest BCUT2D eigenvalue weighted by molar-refractivity contribution is 0.477. The van der Waals surface area contributed by atoms with Gasteiger partial charge in [0, 0.05) is 6.42 Å². The van der Waals surface area contributed by atoms with Crippen molar-refractivity contribution in [3.63, 3.8) is 0 Å². The summed E-state index contributed by atoms with van der Waals surface area (Å²) in [6.07, 6.45) is 6.92. The number of furan rings is 1. The van der Waals surface area contributed by atoms with Gasteiger partial charge >= 0.3 is 0 Å². The smallest absolute Gasteiger partial charge is 0.107 e. The fourth-order valence-electron chi connectivity index (χ4n) is 1.66. The maximum Gasteiger partial charge on any atom is 0.107 e. The summed E-state index contributed by atoms with van der Waals surface area (Å²) in [6, 6.07) is 0. The van der Waals surface area contributed by atoms with E-state index in [1.165, 1.54) is 36.1 Å². The lowest BCUT2D eigenvalue weighted by atomic mass is 9.96. The summed E-state index contributed by atoms with van der Waals surface area (Å²) in [4.78, 5) is 0. The van der Waals surface area contributed by atoms with Gasteiger partial charge in [-0.25, -0.2) is 0 Å². The van der Waals surface area contributed by atoms with E-state index in [0.717, 1.165) is 6.42 Å². The van der Waals surface area contributed by atoms with Crippen LogP contribution in [0.5, 0.6) is 0 Å². The minimum Gasteiger partial charge on any atom is -0.469 e. The van der Waals surface area contributed by atoms with E-state index in [2.05, 4.69) is 6.92 Å². The highest BCUT2D eigenvalue weighted by Crippen LogP contribution is 2.25. The molecule has 0 aromatic carbocycles. The first-order valence-electron chi connectivity index (χ1n) is 3.94. The van der Waals surface area contributed by atoms with Crippen molar-refractivity contribution in [2.75, 3.05) is 0 Å². The normalized spacial score (nSPS) is 16.9. The maximum atomic E-state index is 5.39. The fraction of sp³-hybridized carbons (Fsp3) is 0.556. The first-order valence-corrected chi connectivity index (χ1v) is 3.94. The van der Waals surface area contributed by atoms with Crippen molar-refractivity contribution in [3.8, 4) is 0 Å². The molecular formula is C9H12O. The van der Waals surface area contributed by atoms with Gasteiger partial charge in [0.1, 0.15) is 5.76 Å². The first kappa shape index (κ1) is 6.02. The van der Waals surface area contributed by atoms with Gasteiger partial charge in [-0.05, 0) is 37.3 Å². The van der Waals surface area contributed by atoms with Crippen molar-refractivity contribution in [3.05, 3.63) is 23.2 Å². The summed E-state index contributed by atoms with van der Waals surface area (Å²) in [5.41, 5.74) is 2.82. The van der Waals surface area contributed by atoms with E-state index in [-0.39, 0.29) is 0 Å². The summed E-state index contributed by atoms with van der Waals surface area (Å²) < 4.78 is 5.39. The molecule has 0 aliphatic heterocycles. The molecule has 10 heavy (non-hydrogen) atoms. The molecule has 0 amide bonds. The van der Waals surface area contributed by atoms with Crippen molar-refractivity contribution in [2.24, 2.45) is 0 Å². The number of aryl methyl sites for hydroxylation is 2. The summed E-state index contributed by atoms with van der Waals surface area (Å²) >= 11 is 0. The fourth-order valence-corrected chi connectivity index (χ4v) is 1.66. The van der Waals surface area contributed by atoms with Gasteiger partial charge in [-0.3, -0.25) is 0 Å². The van der Waals surface area contributed by atoms with Crippen LogP contribution in [-0.2, 0) is 12.8 Å². The van der Waals surface area contributed by atoms with Crippen molar-refractivity contribution in [2.45, 2.75) is 32.6 Å². The monoisotopic (exact) mass is 136 g/mol. The second-order valence-corrected chi connectivity index (χ2v) is 3.03. The Morgan fingerprint density at radius 2 is 2.10 bits per heavy atom. The van der Waals surface area contributed by atoms with Gasteiger partial charge < -0.3 is 4.42 Å². The van der Waals surface area contributed by atoms with Crippen molar-refractivity contribution in [1.82, 2.24) is 0 Å². The van der Waals surface area contributed by atoms with Crippen LogP contribution in [0.2, 0.25) is 0 Å². The van der Waals surface area contributed by atoms with Gasteiger partial charge in [0.05, 0.1) is 6.26 Å². The molecule has 0 unspecified atom stereocenters. The quantitative estimate of drug-likeness (QED) is 0.534. The number of hydrogen-bond donors (Lipinski definition) is 0. The highest BCUT2D eigenvalue weighted by Gasteiger charge is 2.13. The summed E-state index contributed by atoms with van der Waals surface area (Å²) in [5.74, 6) is 1.24. The highest BCUT2D eigenvalue weighted by atomic mass is 16.3. The Morgan fingerprint density at radius 3 is 2.90 bits per heavy atom. The van der Waals surface area contributed by atoms with E-state index < -0.39 is 0 Å². The Morgan fingerprint density at radius 1 is 1.30 bits per heavy atom. The van der Waals surface area contributed by atoms with Crippen molar-refractivity contribution in [1.29, 1.82) is 0 Å². The second-order valence-electron chi connectivity index (χ2n) is 3.03. The van der Waals surface area contributed by atoms with Crippen LogP contribution in [0.3, 0.4) is 0 Å². The predicted octanol–water partition coefficient (Wildman–Crippen LogP) is 2.47. The largest absolute Gasteiger partial charge is 0.469 e. The molecule has 54 valence electrons. The van der Waals surface area contributed by atoms with Crippen LogP contribution < -0.4 is 0 Å². The van der Waals surface area contributed by atoms with Crippen molar-refractivity contribution < 1.29 is 4.42 Å². The van der Waals surface area contributed by atoms with E-state index >= 15 is 0 Å². The lowest BCUT2D eigenvalue weighted by Crippen LogP contribution is -1.99. The summed E-state index contributed by atoms with van der Waals surface area (Å²) in [5, 5.41) is 0. The minimum atomic E-state index is 1.16. The third-order valence-corrected chi connectivity index (χ3v) is 2.27. The molecule has 0 saturated carbocycles. The molecule has 0 saturated heterocycles. The van der Waals surface area contributed by atoms with Gasteiger partial charge in [0.25, 0.3) is 0 Å². The Kier molecular flexibility index (Phi) is 1.30. The van der Waals surface area contributed by atoms with Crippen LogP contribution in [-0.4, -0.2) is 0 Å². The zero-order valence-electron chi connectivity index (χ0n) is 6.31. The predicted molar refractivity (Wildman–Crippen MR) is 40.1 cm³/mol. The van der Waals surface area contributed by atoms with Gasteiger partial charge in [-0.1, -0.05) is 0 Å². The van der Waals surface area contributed by atoms with Gasteiger partial charge in [0.2, 0.25) is 0 Å². The molecule has 0 bridgehead atoms. The third-order valence-electron chi connectivity index (χ3n) is 2.27. The molecule has 1 aliphatic carbocycles. The van der Waals surface area contributed by atoms with E-state index in [4.69, 9.17) is 4.42 Å². The molecule has 0 radical (unpaired) electrons. The van der Waals surface area contributed by atoms with E-state index in [9.17, 15) is 0 Å². The number of fused-ring (bicyclic) bond motifs is 1. The number of hydrogen-bond acceptors (Lipinski definition) is 1. The minimum absolute atomic E-state index is 1.16. The van der Waals surface area contributed by atoms with Crippen molar-refractivity contribution >= 4 is 0 Å². The molecule has 2 rings (SSSR count). The van der Waals surface area contributed by atoms with Gasteiger partial charge in [0.15, 0.2) is 0 Å². The Hall–Kier alpha value is -0.720. The van der Waals surface area contributed by atoms with Crippen LogP contribution in [0, 0.1) is 6.92 Å². The number of rotatable bonds is 0. The first-order chi connectivity index (χ1) is 4.88. The van der Waals surface area contributed by atoms with E-state index in [1.54, 1.807) is 0 Å². The molecule has 1 nitrogen and oxygen atoms in total. The standard InChI is InChI=1S/C9H12O/c1-7-6-10-9-5-3-2-4-8(7)9/h6H,2-5H2,1H3. The van der Waals surface area contributed by atoms with Crippen LogP contribution in [0.1, 0.15) is 29.7 Å². The van der Waals surface area contributed by atoms with Crippen LogP contribution >= 0.6 is 0 Å². The molecular weight excluding hydrogens is 124 g/mol. The molecule has 1 heterocycles. The van der Waals surface area contributed by atoms with E-state index in [1.807, 2.05) is 6.26 Å². The molecule has 1 aromatic heterocycles. The van der Waals surface area contributed by atoms with Crippen LogP contribution in [0.15, 0.2) is 10.7 Å². The average molecular weight is 136 g/mol. The maximum absolute atomic E-state index is 5.39. The summed E-state index contributed by atoms with van der Waals surface area (Å²) in [6.45, 7) is 2.13. The zero-order chi connectivity index (χ0) is 6.97. The van der Waals surface area contributed by atoms with Gasteiger partial charge in [-0.15, -0.1) is 0 Å². The van der Waals surface area contributed by atoms with Gasteiger partial charge in [-0.2, -0.15) is 0 Å². The molecule has 0 atom stereocenters. The Bertz CT molecular complexity index is 235. The SMILES string of the molecule is Cc1coc2c1CCCC2. The molecule has 0 N–H and O–H groups in total. The Labute approximate surface area is 61.0 Å². The topological polar surface area (TPSA) is 13.1 Å². The molecule has 0 fully saturated rings. The zero-order valence-corrected chi connectivity index (χ0v) is 6.31. The molecule has 0 spiro atoms. The van der Waals surface area contributed by atoms with Crippen LogP contribution in [0.25, 0.3) is 0 Å². The Balaban J connectivity index is 2.45. The average Bonchev–Trinajstić information content (AvgIpc) is 2.34. The molecule has 1 aliphatic rings. The third kappa shape index (κ3) is 0.772. The van der Waals surface area contributed by atoms with Crippen LogP contribution in [0.4, 0.5) is 0 Å². The lowest BCUT2D eigenvalue weighted by Gasteiger charge is -2.08. The molecule has 1 aromatic rings. The van der Waals surface area contributed by atoms with E-state index in [0.29, 0.717) is 0 Å².